The lowest BCUT2D eigenvalue weighted by atomic mass is 9.99. The topological polar surface area (TPSA) is 48.0 Å². The van der Waals surface area contributed by atoms with Crippen molar-refractivity contribution in [1.82, 2.24) is 0 Å². The molecule has 5 nitrogen and oxygen atoms in total. The number of carbonyl (C=O) groups excluding carboxylic acids is 1. The van der Waals surface area contributed by atoms with Gasteiger partial charge in [-0.2, -0.15) is 0 Å². The van der Waals surface area contributed by atoms with Gasteiger partial charge in [-0.05, 0) is 40.8 Å². The van der Waals surface area contributed by atoms with E-state index >= 15 is 0 Å². The predicted molar refractivity (Wildman–Crippen MR) is 131 cm³/mol. The zero-order chi connectivity index (χ0) is 23.4. The van der Waals surface area contributed by atoms with Crippen molar-refractivity contribution >= 4 is 11.6 Å². The average molecular weight is 446 g/mol. The molecule has 3 aromatic carbocycles. The summed E-state index contributed by atoms with van der Waals surface area (Å²) in [7, 11) is 1.61. The Morgan fingerprint density at radius 2 is 1.61 bits per heavy atom. The molecule has 1 atom stereocenters. The van der Waals surface area contributed by atoms with Crippen molar-refractivity contribution in [2.75, 3.05) is 25.2 Å². The molecule has 0 saturated carbocycles. The highest BCUT2D eigenvalue weighted by atomic mass is 16.5. The lowest BCUT2D eigenvalue weighted by Crippen LogP contribution is -2.32. The molecule has 1 saturated heterocycles. The Labute approximate surface area is 195 Å². The number of rotatable bonds is 7. The van der Waals surface area contributed by atoms with Gasteiger partial charge < -0.3 is 19.1 Å². The summed E-state index contributed by atoms with van der Waals surface area (Å²) in [5, 5.41) is 0. The summed E-state index contributed by atoms with van der Waals surface area (Å²) in [6.07, 6.45) is 0.125. The lowest BCUT2D eigenvalue weighted by Gasteiger charge is -2.22. The van der Waals surface area contributed by atoms with E-state index in [1.165, 1.54) is 0 Å². The van der Waals surface area contributed by atoms with Crippen LogP contribution >= 0.6 is 0 Å². The summed E-state index contributed by atoms with van der Waals surface area (Å²) in [4.78, 5) is 14.8. The van der Waals surface area contributed by atoms with Crippen LogP contribution in [0.3, 0.4) is 0 Å². The fourth-order valence-corrected chi connectivity index (χ4v) is 3.78. The normalized spacial score (nSPS) is 16.1. The maximum atomic E-state index is 13.1. The van der Waals surface area contributed by atoms with E-state index in [0.29, 0.717) is 36.8 Å². The highest BCUT2D eigenvalue weighted by molar-refractivity contribution is 5.99. The first-order valence-electron chi connectivity index (χ1n) is 11.3. The molecule has 0 unspecified atom stereocenters. The molecule has 0 bridgehead atoms. The first-order valence-corrected chi connectivity index (χ1v) is 11.3. The Hall–Kier alpha value is -3.47. The number of methoxy groups -OCH3 is 1. The molecule has 5 heteroatoms. The highest BCUT2D eigenvalue weighted by Crippen LogP contribution is 2.35. The van der Waals surface area contributed by atoms with Crippen molar-refractivity contribution in [3.05, 3.63) is 72.8 Å². The summed E-state index contributed by atoms with van der Waals surface area (Å²) < 4.78 is 17.5. The maximum Gasteiger partial charge on any atom is 0.268 e. The first kappa shape index (κ1) is 22.7. The number of carbonyl (C=O) groups is 1. The molecule has 0 aromatic heterocycles. The van der Waals surface area contributed by atoms with Gasteiger partial charge in [-0.1, -0.05) is 63.2 Å². The first-order chi connectivity index (χ1) is 15.8. The summed E-state index contributed by atoms with van der Waals surface area (Å²) in [5.41, 5.74) is 3.09. The molecule has 1 fully saturated rings. The molecule has 1 heterocycles. The zero-order valence-corrected chi connectivity index (χ0v) is 19.7. The van der Waals surface area contributed by atoms with Crippen LogP contribution in [0.15, 0.2) is 72.8 Å². The maximum absolute atomic E-state index is 13.1. The molecular weight excluding hydrogens is 414 g/mol. The van der Waals surface area contributed by atoms with Crippen molar-refractivity contribution in [2.24, 2.45) is 5.41 Å². The molecule has 172 valence electrons. The van der Waals surface area contributed by atoms with Gasteiger partial charge >= 0.3 is 0 Å². The molecule has 0 aliphatic carbocycles. The molecule has 0 N–H and O–H groups in total. The standard InChI is InChI=1S/C28H31NO4/c1-28(2,3)19-32-24-15-12-22(18-26(24)31-4)29-17-16-25(27(29)30)33-23-13-10-21(11-14-23)20-8-6-5-7-9-20/h5-15,18,25H,16-17,19H2,1-4H3/t25-/m1/s1. The van der Waals surface area contributed by atoms with E-state index in [1.807, 2.05) is 60.7 Å². The van der Waals surface area contributed by atoms with Gasteiger partial charge in [0, 0.05) is 24.7 Å². The van der Waals surface area contributed by atoms with E-state index in [-0.39, 0.29) is 11.3 Å². The molecule has 1 aliphatic heterocycles. The second kappa shape index (κ2) is 9.57. The zero-order valence-electron chi connectivity index (χ0n) is 19.7. The Kier molecular flexibility index (Phi) is 6.59. The third-order valence-electron chi connectivity index (χ3n) is 5.52. The Bertz CT molecular complexity index is 1090. The van der Waals surface area contributed by atoms with Crippen molar-refractivity contribution < 1.29 is 19.0 Å². The molecule has 4 rings (SSSR count). The van der Waals surface area contributed by atoms with E-state index in [4.69, 9.17) is 14.2 Å². The minimum absolute atomic E-state index is 0.0401. The minimum atomic E-state index is -0.504. The van der Waals surface area contributed by atoms with Gasteiger partial charge in [0.1, 0.15) is 5.75 Å². The van der Waals surface area contributed by atoms with Crippen molar-refractivity contribution in [2.45, 2.75) is 33.3 Å². The van der Waals surface area contributed by atoms with Gasteiger partial charge in [0.15, 0.2) is 17.6 Å². The van der Waals surface area contributed by atoms with Crippen LogP contribution in [-0.4, -0.2) is 32.3 Å². The Morgan fingerprint density at radius 1 is 0.909 bits per heavy atom. The number of hydrogen-bond donors (Lipinski definition) is 0. The van der Waals surface area contributed by atoms with Gasteiger partial charge in [0.25, 0.3) is 5.91 Å². The smallest absolute Gasteiger partial charge is 0.268 e. The van der Waals surface area contributed by atoms with Crippen molar-refractivity contribution in [3.8, 4) is 28.4 Å². The molecule has 3 aromatic rings. The van der Waals surface area contributed by atoms with E-state index in [0.717, 1.165) is 16.8 Å². The molecule has 0 spiro atoms. The Balaban J connectivity index is 1.42. The summed E-state index contributed by atoms with van der Waals surface area (Å²) in [6.45, 7) is 7.52. The predicted octanol–water partition coefficient (Wildman–Crippen LogP) is 5.97. The largest absolute Gasteiger partial charge is 0.493 e. The summed E-state index contributed by atoms with van der Waals surface area (Å²) in [5.74, 6) is 1.94. The highest BCUT2D eigenvalue weighted by Gasteiger charge is 2.34. The van der Waals surface area contributed by atoms with E-state index < -0.39 is 6.10 Å². The third-order valence-corrected chi connectivity index (χ3v) is 5.52. The van der Waals surface area contributed by atoms with Crippen molar-refractivity contribution in [3.63, 3.8) is 0 Å². The Morgan fingerprint density at radius 3 is 2.27 bits per heavy atom. The van der Waals surface area contributed by atoms with Gasteiger partial charge in [-0.25, -0.2) is 0 Å². The lowest BCUT2D eigenvalue weighted by molar-refractivity contribution is -0.122. The van der Waals surface area contributed by atoms with Gasteiger partial charge in [-0.3, -0.25) is 4.79 Å². The molecule has 0 radical (unpaired) electrons. The monoisotopic (exact) mass is 445 g/mol. The number of nitrogens with zero attached hydrogens (tertiary/aromatic N) is 1. The van der Waals surface area contributed by atoms with Crippen LogP contribution < -0.4 is 19.1 Å². The van der Waals surface area contributed by atoms with E-state index in [2.05, 4.69) is 32.9 Å². The number of amides is 1. The SMILES string of the molecule is COc1cc(N2CC[C@@H](Oc3ccc(-c4ccccc4)cc3)C2=O)ccc1OCC(C)(C)C. The van der Waals surface area contributed by atoms with Crippen LogP contribution in [0.1, 0.15) is 27.2 Å². The molecule has 1 aliphatic rings. The quantitative estimate of drug-likeness (QED) is 0.449. The number of benzene rings is 3. The molecular formula is C28H31NO4. The molecule has 1 amide bonds. The van der Waals surface area contributed by atoms with Crippen LogP contribution in [0.2, 0.25) is 0 Å². The summed E-state index contributed by atoms with van der Waals surface area (Å²) >= 11 is 0. The number of anilines is 1. The second-order valence-corrected chi connectivity index (χ2v) is 9.46. The van der Waals surface area contributed by atoms with Crippen LogP contribution in [0.25, 0.3) is 11.1 Å². The second-order valence-electron chi connectivity index (χ2n) is 9.46. The van der Waals surface area contributed by atoms with Crippen LogP contribution in [0, 0.1) is 5.41 Å². The summed E-state index contributed by atoms with van der Waals surface area (Å²) in [6, 6.07) is 23.7. The van der Waals surface area contributed by atoms with Crippen LogP contribution in [0.5, 0.6) is 17.2 Å². The van der Waals surface area contributed by atoms with Crippen molar-refractivity contribution in [1.29, 1.82) is 0 Å². The van der Waals surface area contributed by atoms with Crippen LogP contribution in [-0.2, 0) is 4.79 Å². The van der Waals surface area contributed by atoms with E-state index in [1.54, 1.807) is 12.0 Å². The van der Waals surface area contributed by atoms with Gasteiger partial charge in [-0.15, -0.1) is 0 Å². The molecule has 33 heavy (non-hydrogen) atoms. The average Bonchev–Trinajstić information content (AvgIpc) is 3.18. The minimum Gasteiger partial charge on any atom is -0.493 e. The fourth-order valence-electron chi connectivity index (χ4n) is 3.78. The van der Waals surface area contributed by atoms with Gasteiger partial charge in [0.05, 0.1) is 13.7 Å². The number of ether oxygens (including phenoxy) is 3. The van der Waals surface area contributed by atoms with E-state index in [9.17, 15) is 4.79 Å². The number of hydrogen-bond acceptors (Lipinski definition) is 4. The third kappa shape index (κ3) is 5.48. The van der Waals surface area contributed by atoms with Crippen LogP contribution in [0.4, 0.5) is 5.69 Å². The fraction of sp³-hybridized carbons (Fsp3) is 0.321. The van der Waals surface area contributed by atoms with Gasteiger partial charge in [0.2, 0.25) is 0 Å².